The topological polar surface area (TPSA) is 68.6 Å². The second-order valence-electron chi connectivity index (χ2n) is 10.3. The summed E-state index contributed by atoms with van der Waals surface area (Å²) in [4.78, 5) is 17.5. The summed E-state index contributed by atoms with van der Waals surface area (Å²) in [6, 6.07) is 8.59. The number of ketones is 1. The van der Waals surface area contributed by atoms with Crippen LogP contribution in [0.2, 0.25) is 0 Å². The van der Waals surface area contributed by atoms with Gasteiger partial charge >= 0.3 is 0 Å². The van der Waals surface area contributed by atoms with Gasteiger partial charge in [0.2, 0.25) is 0 Å². The summed E-state index contributed by atoms with van der Waals surface area (Å²) in [5, 5.41) is 13.0. The standard InChI is InChI=1S/C26H35FN4O2/c27-24-16-23(30-7-5-22(6-8-30)31-9-11-33-12-10-31)4-2-19(24)13-18(17-28)14-25(32)26-20-1-3-21(15-20)29-26/h2,4,16,18,20-22,26,29H,1,3,5-15H2/t18-,20+,21-,26+/m1/s1. The Kier molecular flexibility index (Phi) is 6.96. The number of nitriles is 1. The van der Waals surface area contributed by atoms with Crippen LogP contribution in [-0.2, 0) is 16.0 Å². The Labute approximate surface area is 196 Å². The first-order valence-electron chi connectivity index (χ1n) is 12.6. The molecule has 3 heterocycles. The molecule has 1 aromatic rings. The Morgan fingerprint density at radius 2 is 1.97 bits per heavy atom. The Bertz CT molecular complexity index is 889. The number of benzene rings is 1. The summed E-state index contributed by atoms with van der Waals surface area (Å²) in [7, 11) is 0. The van der Waals surface area contributed by atoms with Gasteiger partial charge in [-0.25, -0.2) is 4.39 Å². The average Bonchev–Trinajstić information content (AvgIpc) is 3.49. The summed E-state index contributed by atoms with van der Waals surface area (Å²) in [6.07, 6.45) is 5.98. The molecule has 2 bridgehead atoms. The quantitative estimate of drug-likeness (QED) is 0.683. The number of nitrogens with one attached hydrogen (secondary N) is 1. The Morgan fingerprint density at radius 1 is 1.18 bits per heavy atom. The number of piperidine rings is 2. The minimum atomic E-state index is -0.483. The number of nitrogens with zero attached hydrogens (tertiary/aromatic N) is 3. The number of carbonyl (C=O) groups is 1. The monoisotopic (exact) mass is 454 g/mol. The Morgan fingerprint density at radius 3 is 2.61 bits per heavy atom. The van der Waals surface area contributed by atoms with Gasteiger partial charge in [0.1, 0.15) is 5.82 Å². The predicted molar refractivity (Wildman–Crippen MR) is 125 cm³/mol. The number of morpholine rings is 1. The molecule has 33 heavy (non-hydrogen) atoms. The van der Waals surface area contributed by atoms with E-state index in [1.54, 1.807) is 6.07 Å². The van der Waals surface area contributed by atoms with Crippen LogP contribution in [0.4, 0.5) is 10.1 Å². The zero-order valence-corrected chi connectivity index (χ0v) is 19.3. The highest BCUT2D eigenvalue weighted by molar-refractivity contribution is 5.85. The molecule has 4 fully saturated rings. The molecule has 1 saturated carbocycles. The van der Waals surface area contributed by atoms with Gasteiger partial charge in [-0.3, -0.25) is 9.69 Å². The van der Waals surface area contributed by atoms with E-state index in [2.05, 4.69) is 21.2 Å². The SMILES string of the molecule is N#C[C@@H](CC(=O)[C@H]1N[C@@H]2CC[C@H]1C2)Cc1ccc(N2CCC(N3CCOCC3)CC2)cc1F. The van der Waals surface area contributed by atoms with Crippen molar-refractivity contribution in [2.75, 3.05) is 44.3 Å². The smallest absolute Gasteiger partial charge is 0.151 e. The summed E-state index contributed by atoms with van der Waals surface area (Å²) in [5.41, 5.74) is 1.44. The van der Waals surface area contributed by atoms with Crippen molar-refractivity contribution in [2.24, 2.45) is 11.8 Å². The summed E-state index contributed by atoms with van der Waals surface area (Å²) in [5.74, 6) is -0.212. The normalized spacial score (nSPS) is 29.2. The van der Waals surface area contributed by atoms with Crippen molar-refractivity contribution in [3.05, 3.63) is 29.6 Å². The van der Waals surface area contributed by atoms with E-state index in [9.17, 15) is 14.4 Å². The fourth-order valence-electron chi connectivity index (χ4n) is 6.35. The van der Waals surface area contributed by atoms with Crippen LogP contribution in [0, 0.1) is 29.0 Å². The van der Waals surface area contributed by atoms with Crippen molar-refractivity contribution in [3.8, 4) is 6.07 Å². The lowest BCUT2D eigenvalue weighted by Crippen LogP contribution is -2.49. The minimum absolute atomic E-state index is 0.104. The number of rotatable bonds is 7. The van der Waals surface area contributed by atoms with Crippen LogP contribution in [-0.4, -0.2) is 68.2 Å². The van der Waals surface area contributed by atoms with Gasteiger partial charge in [0.15, 0.2) is 5.78 Å². The van der Waals surface area contributed by atoms with Gasteiger partial charge in [-0.2, -0.15) is 5.26 Å². The molecule has 0 radical (unpaired) electrons. The number of fused-ring (bicyclic) bond motifs is 2. The molecule has 1 aliphatic carbocycles. The lowest BCUT2D eigenvalue weighted by Gasteiger charge is -2.40. The van der Waals surface area contributed by atoms with E-state index in [4.69, 9.17) is 4.74 Å². The van der Waals surface area contributed by atoms with Crippen molar-refractivity contribution in [1.82, 2.24) is 10.2 Å². The Balaban J connectivity index is 1.15. The van der Waals surface area contributed by atoms with Crippen molar-refractivity contribution < 1.29 is 13.9 Å². The van der Waals surface area contributed by atoms with E-state index in [-0.39, 0.29) is 30.5 Å². The second-order valence-corrected chi connectivity index (χ2v) is 10.3. The van der Waals surface area contributed by atoms with Crippen LogP contribution in [0.15, 0.2) is 18.2 Å². The molecular weight excluding hydrogens is 419 g/mol. The molecule has 7 heteroatoms. The summed E-state index contributed by atoms with van der Waals surface area (Å²) >= 11 is 0. The van der Waals surface area contributed by atoms with Crippen LogP contribution >= 0.6 is 0 Å². The molecule has 0 aromatic heterocycles. The van der Waals surface area contributed by atoms with Crippen LogP contribution in [0.3, 0.4) is 0 Å². The number of hydrogen-bond donors (Lipinski definition) is 1. The largest absolute Gasteiger partial charge is 0.379 e. The van der Waals surface area contributed by atoms with E-state index >= 15 is 0 Å². The van der Waals surface area contributed by atoms with Crippen molar-refractivity contribution in [1.29, 1.82) is 5.26 Å². The molecule has 3 saturated heterocycles. The van der Waals surface area contributed by atoms with Crippen LogP contribution in [0.5, 0.6) is 0 Å². The third kappa shape index (κ3) is 5.08. The molecule has 4 atom stereocenters. The third-order valence-corrected chi connectivity index (χ3v) is 8.23. The Hall–Kier alpha value is -2.01. The lowest BCUT2D eigenvalue weighted by atomic mass is 9.88. The lowest BCUT2D eigenvalue weighted by molar-refractivity contribution is -0.122. The molecule has 3 aliphatic heterocycles. The minimum Gasteiger partial charge on any atom is -0.379 e. The van der Waals surface area contributed by atoms with Crippen molar-refractivity contribution in [2.45, 2.75) is 63.1 Å². The molecule has 5 rings (SSSR count). The summed E-state index contributed by atoms with van der Waals surface area (Å²) in [6.45, 7) is 5.50. The fraction of sp³-hybridized carbons (Fsp3) is 0.692. The van der Waals surface area contributed by atoms with Crippen LogP contribution < -0.4 is 10.2 Å². The highest BCUT2D eigenvalue weighted by Gasteiger charge is 2.42. The zero-order valence-electron chi connectivity index (χ0n) is 19.3. The second kappa shape index (κ2) is 10.1. The molecule has 178 valence electrons. The van der Waals surface area contributed by atoms with E-state index in [1.807, 2.05) is 12.1 Å². The summed E-state index contributed by atoms with van der Waals surface area (Å²) < 4.78 is 20.4. The van der Waals surface area contributed by atoms with Gasteiger partial charge in [0, 0.05) is 50.4 Å². The first-order valence-corrected chi connectivity index (χ1v) is 12.6. The number of halogens is 1. The van der Waals surface area contributed by atoms with Gasteiger partial charge in [-0.1, -0.05) is 6.07 Å². The van der Waals surface area contributed by atoms with Crippen molar-refractivity contribution in [3.63, 3.8) is 0 Å². The average molecular weight is 455 g/mol. The number of carbonyl (C=O) groups excluding carboxylic acids is 1. The molecule has 6 nitrogen and oxygen atoms in total. The molecule has 0 amide bonds. The van der Waals surface area contributed by atoms with Gasteiger partial charge in [-0.15, -0.1) is 0 Å². The maximum Gasteiger partial charge on any atom is 0.151 e. The van der Waals surface area contributed by atoms with Crippen LogP contribution in [0.25, 0.3) is 0 Å². The van der Waals surface area contributed by atoms with E-state index in [1.165, 1.54) is 0 Å². The van der Waals surface area contributed by atoms with E-state index in [0.29, 0.717) is 23.6 Å². The van der Waals surface area contributed by atoms with Crippen molar-refractivity contribution >= 4 is 11.5 Å². The molecule has 4 aliphatic rings. The van der Waals surface area contributed by atoms with Gasteiger partial charge in [-0.05, 0) is 62.1 Å². The third-order valence-electron chi connectivity index (χ3n) is 8.23. The van der Waals surface area contributed by atoms with Gasteiger partial charge in [0.05, 0.1) is 31.2 Å². The highest BCUT2D eigenvalue weighted by atomic mass is 19.1. The fourth-order valence-corrected chi connectivity index (χ4v) is 6.35. The number of ether oxygens (including phenoxy) is 1. The molecule has 0 unspecified atom stereocenters. The highest BCUT2D eigenvalue weighted by Crippen LogP contribution is 2.36. The number of Topliss-reactive ketones (excluding diaryl/α,β-unsaturated/α-hetero) is 1. The predicted octanol–water partition coefficient (Wildman–Crippen LogP) is 2.91. The van der Waals surface area contributed by atoms with Gasteiger partial charge < -0.3 is 15.0 Å². The first-order chi connectivity index (χ1) is 16.1. The van der Waals surface area contributed by atoms with E-state index in [0.717, 1.165) is 77.2 Å². The molecule has 1 aromatic carbocycles. The van der Waals surface area contributed by atoms with E-state index < -0.39 is 5.92 Å². The molecular formula is C26H35FN4O2. The maximum absolute atomic E-state index is 15.0. The molecule has 1 N–H and O–H groups in total. The molecule has 0 spiro atoms. The number of anilines is 1. The van der Waals surface area contributed by atoms with Crippen LogP contribution in [0.1, 0.15) is 44.1 Å². The zero-order chi connectivity index (χ0) is 22.8. The van der Waals surface area contributed by atoms with Gasteiger partial charge in [0.25, 0.3) is 0 Å². The maximum atomic E-state index is 15.0. The first kappa shape index (κ1) is 22.8. The number of hydrogen-bond acceptors (Lipinski definition) is 6.